The van der Waals surface area contributed by atoms with Gasteiger partial charge in [-0.2, -0.15) is 0 Å². The predicted octanol–water partition coefficient (Wildman–Crippen LogP) is 5.14. The smallest absolute Gasteiger partial charge is 0.337 e. The number of unbranched alkanes of at least 4 members (excludes halogenated alkanes) is 1. The lowest BCUT2D eigenvalue weighted by atomic mass is 10.1. The second-order valence-electron chi connectivity index (χ2n) is 6.10. The Morgan fingerprint density at radius 1 is 1.11 bits per heavy atom. The Kier molecular flexibility index (Phi) is 6.62. The Bertz CT molecular complexity index is 1000. The molecule has 0 aliphatic carbocycles. The molecule has 0 saturated carbocycles. The van der Waals surface area contributed by atoms with Crippen LogP contribution in [0.3, 0.4) is 0 Å². The van der Waals surface area contributed by atoms with Crippen LogP contribution in [0.15, 0.2) is 60.7 Å². The van der Waals surface area contributed by atoms with Crippen molar-refractivity contribution in [2.45, 2.75) is 19.8 Å². The Balaban J connectivity index is 1.86. The molecule has 0 amide bonds. The summed E-state index contributed by atoms with van der Waals surface area (Å²) in [6.07, 6.45) is 1.68. The third-order valence-corrected chi connectivity index (χ3v) is 4.85. The summed E-state index contributed by atoms with van der Waals surface area (Å²) in [6, 6.07) is 18.0. The molecule has 0 heterocycles. The van der Waals surface area contributed by atoms with Crippen LogP contribution in [0.25, 0.3) is 10.8 Å². The fourth-order valence-corrected chi connectivity index (χ4v) is 3.34. The third kappa shape index (κ3) is 4.88. The highest BCUT2D eigenvalue weighted by Gasteiger charge is 2.14. The Labute approximate surface area is 165 Å². The van der Waals surface area contributed by atoms with Crippen molar-refractivity contribution in [2.24, 2.45) is 0 Å². The summed E-state index contributed by atoms with van der Waals surface area (Å²) in [5.74, 6) is -0.0633. The molecule has 3 rings (SSSR count). The molecule has 28 heavy (non-hydrogen) atoms. The minimum Gasteiger partial charge on any atom is -0.478 e. The summed E-state index contributed by atoms with van der Waals surface area (Å²) in [5, 5.41) is 11.4. The first-order valence-electron chi connectivity index (χ1n) is 8.93. The van der Waals surface area contributed by atoms with Crippen molar-refractivity contribution in [3.05, 3.63) is 66.2 Å². The minimum absolute atomic E-state index is 0.0160. The number of fused-ring (bicyclic) bond motifs is 1. The molecule has 146 valence electrons. The summed E-state index contributed by atoms with van der Waals surface area (Å²) in [6.45, 7) is 2.32. The number of aromatic carboxylic acids is 1. The van der Waals surface area contributed by atoms with Crippen molar-refractivity contribution in [2.75, 3.05) is 11.3 Å². The van der Waals surface area contributed by atoms with Gasteiger partial charge in [-0.3, -0.25) is 8.91 Å². The standard InChI is InChI=1S/C21H21NO5S/c1-2-3-13-26-28(25)22-19-14-16(11-12-18(19)21(23)24)27-20-10-6-8-15-7-4-5-9-17(15)20/h4-12,14,22H,2-3,13H2,1H3,(H,23,24). The average Bonchev–Trinajstić information content (AvgIpc) is 2.68. The van der Waals surface area contributed by atoms with Crippen molar-refractivity contribution in [3.63, 3.8) is 0 Å². The van der Waals surface area contributed by atoms with Crippen molar-refractivity contribution in [1.29, 1.82) is 0 Å². The zero-order chi connectivity index (χ0) is 19.9. The van der Waals surface area contributed by atoms with Crippen LogP contribution in [-0.2, 0) is 15.4 Å². The number of carboxylic acid groups (broad SMARTS) is 1. The number of carbonyl (C=O) groups is 1. The molecule has 0 bridgehead atoms. The summed E-state index contributed by atoms with van der Waals surface area (Å²) < 4.78 is 25.8. The van der Waals surface area contributed by atoms with Crippen LogP contribution in [0.4, 0.5) is 5.69 Å². The van der Waals surface area contributed by atoms with Gasteiger partial charge in [0.05, 0.1) is 17.9 Å². The molecule has 2 N–H and O–H groups in total. The average molecular weight is 399 g/mol. The van der Waals surface area contributed by atoms with Crippen LogP contribution < -0.4 is 9.46 Å². The predicted molar refractivity (Wildman–Crippen MR) is 110 cm³/mol. The summed E-state index contributed by atoms with van der Waals surface area (Å²) in [7, 11) is 0. The Hall–Kier alpha value is -2.90. The van der Waals surface area contributed by atoms with Gasteiger partial charge in [-0.15, -0.1) is 0 Å². The molecular weight excluding hydrogens is 378 g/mol. The van der Waals surface area contributed by atoms with Gasteiger partial charge >= 0.3 is 5.97 Å². The SMILES string of the molecule is CCCCOS(=O)Nc1cc(Oc2cccc3ccccc23)ccc1C(=O)O. The van der Waals surface area contributed by atoms with E-state index in [4.69, 9.17) is 8.92 Å². The maximum atomic E-state index is 12.1. The van der Waals surface area contributed by atoms with Crippen molar-refractivity contribution in [1.82, 2.24) is 0 Å². The zero-order valence-electron chi connectivity index (χ0n) is 15.4. The number of hydrogen-bond acceptors (Lipinski definition) is 4. The molecule has 6 nitrogen and oxygen atoms in total. The minimum atomic E-state index is -1.85. The lowest BCUT2D eigenvalue weighted by molar-refractivity contribution is 0.0698. The van der Waals surface area contributed by atoms with E-state index in [9.17, 15) is 14.1 Å². The fourth-order valence-electron chi connectivity index (χ4n) is 2.67. The van der Waals surface area contributed by atoms with Crippen LogP contribution in [0.2, 0.25) is 0 Å². The first-order chi connectivity index (χ1) is 13.6. The topological polar surface area (TPSA) is 84.9 Å². The van der Waals surface area contributed by atoms with E-state index in [0.29, 0.717) is 18.1 Å². The highest BCUT2D eigenvalue weighted by Crippen LogP contribution is 2.32. The number of anilines is 1. The molecular formula is C21H21NO5S. The highest BCUT2D eigenvalue weighted by molar-refractivity contribution is 7.81. The summed E-state index contributed by atoms with van der Waals surface area (Å²) in [5.41, 5.74) is 0.151. The molecule has 1 atom stereocenters. The quantitative estimate of drug-likeness (QED) is 0.487. The van der Waals surface area contributed by atoms with Gasteiger partial charge in [0.25, 0.3) is 11.3 Å². The third-order valence-electron chi connectivity index (χ3n) is 4.08. The van der Waals surface area contributed by atoms with E-state index in [1.54, 1.807) is 6.07 Å². The molecule has 0 saturated heterocycles. The zero-order valence-corrected chi connectivity index (χ0v) is 16.2. The lowest BCUT2D eigenvalue weighted by Crippen LogP contribution is -2.12. The van der Waals surface area contributed by atoms with Gasteiger partial charge in [-0.25, -0.2) is 9.00 Å². The van der Waals surface area contributed by atoms with Crippen molar-refractivity contribution in [3.8, 4) is 11.5 Å². The molecule has 0 aliphatic rings. The van der Waals surface area contributed by atoms with Gasteiger partial charge in [-0.05, 0) is 30.0 Å². The number of nitrogens with one attached hydrogen (secondary N) is 1. The van der Waals surface area contributed by atoms with Crippen LogP contribution in [0.5, 0.6) is 11.5 Å². The molecule has 0 aliphatic heterocycles. The molecule has 0 spiro atoms. The van der Waals surface area contributed by atoms with Gasteiger partial charge in [0, 0.05) is 11.5 Å². The van der Waals surface area contributed by atoms with Crippen LogP contribution in [-0.4, -0.2) is 21.9 Å². The summed E-state index contributed by atoms with van der Waals surface area (Å²) >= 11 is -1.85. The van der Waals surface area contributed by atoms with E-state index >= 15 is 0 Å². The largest absolute Gasteiger partial charge is 0.478 e. The maximum absolute atomic E-state index is 12.1. The fraction of sp³-hybridized carbons (Fsp3) is 0.190. The molecule has 3 aromatic rings. The molecule has 3 aromatic carbocycles. The second-order valence-corrected chi connectivity index (χ2v) is 7.01. The van der Waals surface area contributed by atoms with Gasteiger partial charge in [0.15, 0.2) is 0 Å². The number of ether oxygens (including phenoxy) is 1. The Morgan fingerprint density at radius 2 is 1.89 bits per heavy atom. The normalized spacial score (nSPS) is 11.9. The molecule has 0 fully saturated rings. The first-order valence-corrected chi connectivity index (χ1v) is 10.0. The molecule has 0 radical (unpaired) electrons. The van der Waals surface area contributed by atoms with Crippen molar-refractivity contribution < 1.29 is 23.0 Å². The summed E-state index contributed by atoms with van der Waals surface area (Å²) in [4.78, 5) is 11.5. The number of rotatable bonds is 9. The number of hydrogen-bond donors (Lipinski definition) is 2. The number of benzene rings is 3. The van der Waals surface area contributed by atoms with E-state index in [1.807, 2.05) is 49.4 Å². The molecule has 1 unspecified atom stereocenters. The van der Waals surface area contributed by atoms with Crippen LogP contribution >= 0.6 is 0 Å². The highest BCUT2D eigenvalue weighted by atomic mass is 32.2. The number of carboxylic acids is 1. The van der Waals surface area contributed by atoms with Gasteiger partial charge < -0.3 is 9.84 Å². The Morgan fingerprint density at radius 3 is 2.68 bits per heavy atom. The van der Waals surface area contributed by atoms with E-state index in [0.717, 1.165) is 23.6 Å². The first kappa shape index (κ1) is 19.9. The monoisotopic (exact) mass is 399 g/mol. The molecule has 0 aromatic heterocycles. The molecule has 7 heteroatoms. The maximum Gasteiger partial charge on any atom is 0.337 e. The van der Waals surface area contributed by atoms with Gasteiger partial charge in [0.2, 0.25) is 0 Å². The van der Waals surface area contributed by atoms with E-state index in [1.165, 1.54) is 12.1 Å². The van der Waals surface area contributed by atoms with E-state index in [2.05, 4.69) is 4.72 Å². The second kappa shape index (κ2) is 9.34. The van der Waals surface area contributed by atoms with E-state index in [-0.39, 0.29) is 11.3 Å². The van der Waals surface area contributed by atoms with E-state index < -0.39 is 17.2 Å². The van der Waals surface area contributed by atoms with Crippen molar-refractivity contribution >= 4 is 33.7 Å². The van der Waals surface area contributed by atoms with Gasteiger partial charge in [0.1, 0.15) is 11.5 Å². The van der Waals surface area contributed by atoms with Gasteiger partial charge in [-0.1, -0.05) is 49.7 Å². The van der Waals surface area contributed by atoms with Crippen LogP contribution in [0, 0.1) is 0 Å². The van der Waals surface area contributed by atoms with Crippen LogP contribution in [0.1, 0.15) is 30.1 Å². The lowest BCUT2D eigenvalue weighted by Gasteiger charge is -2.13.